The van der Waals surface area contributed by atoms with Crippen molar-refractivity contribution in [3.63, 3.8) is 0 Å². The third-order valence-electron chi connectivity index (χ3n) is 2.67. The molecule has 7 heteroatoms. The van der Waals surface area contributed by atoms with Gasteiger partial charge in [-0.3, -0.25) is 4.79 Å². The molecule has 0 bridgehead atoms. The molecule has 1 fully saturated rings. The summed E-state index contributed by atoms with van der Waals surface area (Å²) in [5.41, 5.74) is -0.493. The molecule has 1 aliphatic carbocycles. The van der Waals surface area contributed by atoms with E-state index in [1.165, 1.54) is 0 Å². The molecule has 0 aliphatic heterocycles. The summed E-state index contributed by atoms with van der Waals surface area (Å²) >= 11 is 21.1. The maximum absolute atomic E-state index is 12.3. The first-order chi connectivity index (χ1) is 6.74. The van der Waals surface area contributed by atoms with E-state index in [1.54, 1.807) is 0 Å². The predicted octanol–water partition coefficient (Wildman–Crippen LogP) is 4.75. The first kappa shape index (κ1) is 15.6. The van der Waals surface area contributed by atoms with Gasteiger partial charge >= 0.3 is 0 Å². The van der Waals surface area contributed by atoms with Gasteiger partial charge in [0.05, 0.1) is 14.0 Å². The lowest BCUT2D eigenvalue weighted by molar-refractivity contribution is -0.127. The smallest absolute Gasteiger partial charge is 0.156 e. The number of hydrogen-bond acceptors (Lipinski definition) is 1. The summed E-state index contributed by atoms with van der Waals surface area (Å²) in [7, 11) is 0. The second kappa shape index (κ2) is 5.68. The van der Waals surface area contributed by atoms with Crippen LogP contribution in [0.3, 0.4) is 0 Å². The average Bonchev–Trinajstić information content (AvgIpc) is 2.20. The average molecular weight is 600 g/mol. The minimum atomic E-state index is -0.493. The van der Waals surface area contributed by atoms with Crippen LogP contribution in [0.4, 0.5) is 0 Å². The highest BCUT2D eigenvalue weighted by atomic mass is 79.9. The van der Waals surface area contributed by atoms with Gasteiger partial charge < -0.3 is 0 Å². The largest absolute Gasteiger partial charge is 0.298 e. The molecule has 0 radical (unpaired) electrons. The summed E-state index contributed by atoms with van der Waals surface area (Å²) in [4.78, 5) is 12.4. The zero-order valence-electron chi connectivity index (χ0n) is 7.56. The van der Waals surface area contributed by atoms with Crippen molar-refractivity contribution in [2.45, 2.75) is 30.0 Å². The summed E-state index contributed by atoms with van der Waals surface area (Å²) in [6, 6.07) is 0. The molecule has 1 saturated carbocycles. The van der Waals surface area contributed by atoms with E-state index < -0.39 is 5.41 Å². The highest BCUT2D eigenvalue weighted by Gasteiger charge is 2.56. The van der Waals surface area contributed by atoms with E-state index >= 15 is 0 Å². The van der Waals surface area contributed by atoms with Crippen LogP contribution >= 0.6 is 95.6 Å². The maximum atomic E-state index is 12.3. The van der Waals surface area contributed by atoms with Crippen molar-refractivity contribution in [3.8, 4) is 0 Å². The number of halogens is 6. The number of ketones is 1. The molecule has 88 valence electrons. The van der Waals surface area contributed by atoms with Crippen LogP contribution in [0.5, 0.6) is 0 Å². The Morgan fingerprint density at radius 3 is 2.00 bits per heavy atom. The molecule has 0 heterocycles. The lowest BCUT2D eigenvalue weighted by Gasteiger charge is -2.45. The van der Waals surface area contributed by atoms with Gasteiger partial charge in [-0.25, -0.2) is 0 Å². The van der Waals surface area contributed by atoms with Gasteiger partial charge in [-0.2, -0.15) is 0 Å². The van der Waals surface area contributed by atoms with E-state index in [2.05, 4.69) is 95.6 Å². The minimum Gasteiger partial charge on any atom is -0.298 e. The standard InChI is InChI=1S/C8H8Br6O/c1-8(7(13)14)5(12)3(10)2(9)4(11)6(8)15/h2-5,7H,1H3. The van der Waals surface area contributed by atoms with E-state index in [0.29, 0.717) is 0 Å². The van der Waals surface area contributed by atoms with Crippen LogP contribution in [0.2, 0.25) is 0 Å². The summed E-state index contributed by atoms with van der Waals surface area (Å²) in [6.45, 7) is 1.95. The van der Waals surface area contributed by atoms with Crippen molar-refractivity contribution >= 4 is 101 Å². The van der Waals surface area contributed by atoms with Crippen LogP contribution in [-0.4, -0.2) is 28.8 Å². The maximum Gasteiger partial charge on any atom is 0.156 e. The van der Waals surface area contributed by atoms with Gasteiger partial charge in [-0.05, 0) is 6.92 Å². The van der Waals surface area contributed by atoms with Gasteiger partial charge in [0.2, 0.25) is 0 Å². The fourth-order valence-electron chi connectivity index (χ4n) is 1.46. The molecular formula is C8H8Br6O. The van der Waals surface area contributed by atoms with Crippen molar-refractivity contribution in [1.29, 1.82) is 0 Å². The lowest BCUT2D eigenvalue weighted by atomic mass is 9.76. The summed E-state index contributed by atoms with van der Waals surface area (Å²) < 4.78 is -0.0607. The molecule has 5 atom stereocenters. The van der Waals surface area contributed by atoms with E-state index in [-0.39, 0.29) is 28.8 Å². The topological polar surface area (TPSA) is 17.1 Å². The Morgan fingerprint density at radius 1 is 1.13 bits per heavy atom. The van der Waals surface area contributed by atoms with Crippen LogP contribution in [-0.2, 0) is 4.79 Å². The zero-order valence-corrected chi connectivity index (χ0v) is 17.1. The second-order valence-corrected chi connectivity index (χ2v) is 10.8. The Balaban J connectivity index is 3.12. The molecule has 1 nitrogen and oxygen atoms in total. The fourth-order valence-corrected chi connectivity index (χ4v) is 7.05. The Bertz CT molecular complexity index is 270. The summed E-state index contributed by atoms with van der Waals surface area (Å²) in [6.07, 6.45) is 0. The van der Waals surface area contributed by atoms with Crippen molar-refractivity contribution in [2.24, 2.45) is 5.41 Å². The monoisotopic (exact) mass is 594 g/mol. The molecule has 0 spiro atoms. The van der Waals surface area contributed by atoms with Crippen LogP contribution in [0.15, 0.2) is 0 Å². The van der Waals surface area contributed by atoms with E-state index in [4.69, 9.17) is 0 Å². The molecule has 0 aromatic carbocycles. The van der Waals surface area contributed by atoms with E-state index in [9.17, 15) is 4.79 Å². The van der Waals surface area contributed by atoms with Crippen molar-refractivity contribution in [1.82, 2.24) is 0 Å². The normalized spacial score (nSPS) is 47.3. The molecule has 0 saturated heterocycles. The first-order valence-corrected chi connectivity index (χ1v) is 9.62. The lowest BCUT2D eigenvalue weighted by Crippen LogP contribution is -2.58. The highest BCUT2D eigenvalue weighted by Crippen LogP contribution is 2.51. The van der Waals surface area contributed by atoms with Gasteiger partial charge in [-0.1, -0.05) is 95.6 Å². The molecule has 0 aromatic rings. The van der Waals surface area contributed by atoms with Crippen molar-refractivity contribution in [3.05, 3.63) is 0 Å². The Labute approximate surface area is 140 Å². The van der Waals surface area contributed by atoms with Gasteiger partial charge in [-0.15, -0.1) is 0 Å². The van der Waals surface area contributed by atoms with E-state index in [1.807, 2.05) is 6.92 Å². The fraction of sp³-hybridized carbons (Fsp3) is 0.875. The van der Waals surface area contributed by atoms with Crippen molar-refractivity contribution in [2.75, 3.05) is 0 Å². The van der Waals surface area contributed by atoms with Crippen molar-refractivity contribution < 1.29 is 4.79 Å². The molecular weight excluding hydrogens is 592 g/mol. The second-order valence-electron chi connectivity index (χ2n) is 3.64. The Kier molecular flexibility index (Phi) is 5.91. The third-order valence-corrected chi connectivity index (χ3v) is 11.4. The molecule has 1 aliphatic rings. The number of carbonyl (C=O) groups excluding carboxylic acids is 1. The van der Waals surface area contributed by atoms with Gasteiger partial charge in [0.1, 0.15) is 0 Å². The summed E-state index contributed by atoms with van der Waals surface area (Å²) in [5.74, 6) is 0.181. The van der Waals surface area contributed by atoms with Crippen LogP contribution < -0.4 is 0 Å². The van der Waals surface area contributed by atoms with E-state index in [0.717, 1.165) is 0 Å². The third kappa shape index (κ3) is 2.62. The zero-order chi connectivity index (χ0) is 12.0. The van der Waals surface area contributed by atoms with Crippen LogP contribution in [0, 0.1) is 5.41 Å². The first-order valence-electron chi connectivity index (χ1n) is 4.13. The molecule has 15 heavy (non-hydrogen) atoms. The molecule has 5 unspecified atom stereocenters. The molecule has 0 amide bonds. The number of carbonyl (C=O) groups is 1. The molecule has 0 N–H and O–H groups in total. The Morgan fingerprint density at radius 2 is 1.60 bits per heavy atom. The van der Waals surface area contributed by atoms with Gasteiger partial charge in [0.15, 0.2) is 5.78 Å². The van der Waals surface area contributed by atoms with Crippen LogP contribution in [0.25, 0.3) is 0 Å². The van der Waals surface area contributed by atoms with Gasteiger partial charge in [0.25, 0.3) is 0 Å². The van der Waals surface area contributed by atoms with Gasteiger partial charge in [0, 0.05) is 14.5 Å². The molecule has 0 aromatic heterocycles. The predicted molar refractivity (Wildman–Crippen MR) is 85.6 cm³/mol. The Hall–Kier alpha value is 2.55. The number of hydrogen-bond donors (Lipinski definition) is 0. The minimum absolute atomic E-state index is 0.0550. The summed E-state index contributed by atoms with van der Waals surface area (Å²) in [5, 5.41) is 0. The van der Waals surface area contributed by atoms with Crippen LogP contribution in [0.1, 0.15) is 6.92 Å². The number of alkyl halides is 6. The quantitative estimate of drug-likeness (QED) is 0.398. The highest BCUT2D eigenvalue weighted by molar-refractivity contribution is 9.24. The number of rotatable bonds is 1. The SMILES string of the molecule is CC1(C(Br)Br)C(=O)C(Br)C(Br)C(Br)C1Br. The number of Topliss-reactive ketones (excluding diaryl/α,β-unsaturated/α-hetero) is 1. The molecule has 1 rings (SSSR count).